The van der Waals surface area contributed by atoms with E-state index in [2.05, 4.69) is 9.90 Å². The van der Waals surface area contributed by atoms with Gasteiger partial charge in [0.2, 0.25) is 5.78 Å². The Morgan fingerprint density at radius 2 is 2.22 bits per heavy atom. The van der Waals surface area contributed by atoms with Gasteiger partial charge in [-0.3, -0.25) is 4.79 Å². The average molecular weight is 127 g/mol. The van der Waals surface area contributed by atoms with Crippen molar-refractivity contribution in [1.82, 2.24) is 0 Å². The van der Waals surface area contributed by atoms with Gasteiger partial charge in [0.25, 0.3) is 0 Å². The normalized spacial score (nSPS) is 8.44. The highest BCUT2D eigenvalue weighted by atomic mass is 16.1. The van der Waals surface area contributed by atoms with Gasteiger partial charge in [-0.25, -0.2) is 0 Å². The Hall–Kier alpha value is -0.950. The van der Waals surface area contributed by atoms with Gasteiger partial charge in [0, 0.05) is 5.92 Å². The van der Waals surface area contributed by atoms with Crippen LogP contribution in [0.25, 0.3) is 0 Å². The second-order valence-corrected chi connectivity index (χ2v) is 2.00. The van der Waals surface area contributed by atoms with E-state index in [1.165, 1.54) is 13.3 Å². The first kappa shape index (κ1) is 8.05. The van der Waals surface area contributed by atoms with E-state index < -0.39 is 0 Å². The second-order valence-electron chi connectivity index (χ2n) is 2.00. The number of carbonyl (C=O) groups excluding carboxylic acids is 1. The molecule has 0 aromatic heterocycles. The van der Waals surface area contributed by atoms with Crippen molar-refractivity contribution in [2.45, 2.75) is 13.8 Å². The third-order valence-electron chi connectivity index (χ3n) is 0.869. The molecule has 0 aliphatic carbocycles. The Morgan fingerprint density at radius 1 is 1.67 bits per heavy atom. The second kappa shape index (κ2) is 3.98. The summed E-state index contributed by atoms with van der Waals surface area (Å²) in [5.74, 6) is 0.0381. The van der Waals surface area contributed by atoms with E-state index in [9.17, 15) is 4.79 Å². The highest BCUT2D eigenvalue weighted by Crippen LogP contribution is 1.88. The molecule has 0 atom stereocenters. The molecule has 0 spiro atoms. The molecule has 0 heterocycles. The summed E-state index contributed by atoms with van der Waals surface area (Å²) in [7, 11) is 1.53. The van der Waals surface area contributed by atoms with E-state index >= 15 is 0 Å². The first-order valence-electron chi connectivity index (χ1n) is 2.84. The van der Waals surface area contributed by atoms with Gasteiger partial charge in [0.05, 0.1) is 9.90 Å². The fraction of sp³-hybridized carbons (Fsp3) is 0.667. The number of hydrogen-bond acceptors (Lipinski definition) is 2. The van der Waals surface area contributed by atoms with E-state index in [1.807, 2.05) is 13.8 Å². The molecule has 0 bridgehead atoms. The van der Waals surface area contributed by atoms with Gasteiger partial charge in [0.15, 0.2) is 0 Å². The molecule has 0 aliphatic heterocycles. The summed E-state index contributed by atoms with van der Waals surface area (Å²) in [5, 5.41) is 3.41. The zero-order valence-electron chi connectivity index (χ0n) is 5.96. The number of ketones is 1. The minimum atomic E-state index is 0.0144. The van der Waals surface area contributed by atoms with E-state index in [1.54, 1.807) is 0 Å². The van der Waals surface area contributed by atoms with E-state index in [0.29, 0.717) is 0 Å². The van der Waals surface area contributed by atoms with Crippen molar-refractivity contribution < 1.29 is 9.58 Å². The molecule has 0 aromatic carbocycles. The average Bonchev–Trinajstić information content (AvgIpc) is 1.82. The van der Waals surface area contributed by atoms with E-state index in [-0.39, 0.29) is 11.7 Å². The largest absolute Gasteiger partial charge is 0.373 e. The van der Waals surface area contributed by atoms with Crippen molar-refractivity contribution in [2.24, 2.45) is 11.0 Å². The number of rotatable bonds is 2. The van der Waals surface area contributed by atoms with E-state index in [0.717, 1.165) is 0 Å². The van der Waals surface area contributed by atoms with E-state index in [4.69, 9.17) is 0 Å². The lowest BCUT2D eigenvalue weighted by atomic mass is 10.1. The van der Waals surface area contributed by atoms with Crippen molar-refractivity contribution in [3.8, 4) is 0 Å². The fourth-order valence-electron chi connectivity index (χ4n) is 0.264. The molecule has 0 N–H and O–H groups in total. The minimum Gasteiger partial charge on any atom is -0.286 e. The molecule has 0 saturated heterocycles. The van der Waals surface area contributed by atoms with Crippen LogP contribution in [0.3, 0.4) is 0 Å². The highest BCUT2D eigenvalue weighted by molar-refractivity contribution is 6.25. The first-order valence-corrected chi connectivity index (χ1v) is 2.84. The van der Waals surface area contributed by atoms with Crippen LogP contribution in [-0.4, -0.2) is 23.8 Å². The third kappa shape index (κ3) is 3.62. The molecular formula is C6H11N2O+. The lowest BCUT2D eigenvalue weighted by Crippen LogP contribution is -2.08. The van der Waals surface area contributed by atoms with Crippen LogP contribution in [0.1, 0.15) is 13.8 Å². The number of Topliss-reactive ketones (excluding diaryl/α,β-unsaturated/α-hetero) is 1. The van der Waals surface area contributed by atoms with Crippen molar-refractivity contribution in [3.05, 3.63) is 0 Å². The maximum absolute atomic E-state index is 10.7. The van der Waals surface area contributed by atoms with Gasteiger partial charge in [-0.15, -0.1) is 0 Å². The summed E-state index contributed by atoms with van der Waals surface area (Å²) in [6.45, 7) is 3.65. The molecule has 9 heavy (non-hydrogen) atoms. The smallest absolute Gasteiger partial charge is 0.286 e. The maximum atomic E-state index is 10.7. The van der Waals surface area contributed by atoms with Crippen LogP contribution in [0.15, 0.2) is 5.11 Å². The molecule has 0 radical (unpaired) electrons. The molecule has 0 amide bonds. The Morgan fingerprint density at radius 3 is 2.56 bits per heavy atom. The van der Waals surface area contributed by atoms with Gasteiger partial charge < -0.3 is 0 Å². The number of carbonyl (C=O) groups is 1. The molecule has 0 aliphatic rings. The third-order valence-corrected chi connectivity index (χ3v) is 0.869. The zero-order valence-corrected chi connectivity index (χ0v) is 5.96. The molecule has 0 saturated carbocycles. The number of hydrogen-bond donors (Lipinski definition) is 0. The van der Waals surface area contributed by atoms with Crippen molar-refractivity contribution in [2.75, 3.05) is 7.05 Å². The minimum absolute atomic E-state index is 0.0144. The highest BCUT2D eigenvalue weighted by Gasteiger charge is 2.07. The Labute approximate surface area is 54.5 Å². The summed E-state index contributed by atoms with van der Waals surface area (Å²) in [5.41, 5.74) is 0. The topological polar surface area (TPSA) is 43.5 Å². The first-order chi connectivity index (χ1) is 4.18. The summed E-state index contributed by atoms with van der Waals surface area (Å²) in [4.78, 5) is 14.1. The quantitative estimate of drug-likeness (QED) is 0.304. The zero-order chi connectivity index (χ0) is 7.28. The van der Waals surface area contributed by atoms with Gasteiger partial charge in [-0.05, 0) is 0 Å². The SMILES string of the molecule is CN=[N+]=CC(=O)C(C)C. The molecule has 50 valence electrons. The van der Waals surface area contributed by atoms with Gasteiger partial charge in [-0.2, -0.15) is 0 Å². The monoisotopic (exact) mass is 127 g/mol. The van der Waals surface area contributed by atoms with Crippen LogP contribution < -0.4 is 0 Å². The van der Waals surface area contributed by atoms with Crippen molar-refractivity contribution in [3.63, 3.8) is 0 Å². The summed E-state index contributed by atoms with van der Waals surface area (Å²) < 4.78 is 0. The lowest BCUT2D eigenvalue weighted by molar-refractivity contribution is -0.123. The standard InChI is InChI=1S/C6H11N2O/c1-5(2)6(9)4-8-7-3/h4-5H,1-3H3/q+1. The predicted octanol–water partition coefficient (Wildman–Crippen LogP) is 0.573. The fourth-order valence-corrected chi connectivity index (χ4v) is 0.264. The van der Waals surface area contributed by atoms with Crippen LogP contribution in [0.5, 0.6) is 0 Å². The predicted molar refractivity (Wildman–Crippen MR) is 34.5 cm³/mol. The molecule has 0 unspecified atom stereocenters. The summed E-state index contributed by atoms with van der Waals surface area (Å²) in [6.07, 6.45) is 1.24. The van der Waals surface area contributed by atoms with Gasteiger partial charge >= 0.3 is 6.21 Å². The molecule has 0 rings (SSSR count). The van der Waals surface area contributed by atoms with Crippen molar-refractivity contribution >= 4 is 12.0 Å². The van der Waals surface area contributed by atoms with Gasteiger partial charge in [0.1, 0.15) is 7.05 Å². The molecule has 3 nitrogen and oxygen atoms in total. The summed E-state index contributed by atoms with van der Waals surface area (Å²) >= 11 is 0. The molecule has 3 heteroatoms. The van der Waals surface area contributed by atoms with Crippen LogP contribution >= 0.6 is 0 Å². The Balaban J connectivity index is 3.93. The molecular weight excluding hydrogens is 116 g/mol. The molecule has 0 aromatic rings. The van der Waals surface area contributed by atoms with Crippen LogP contribution in [0.4, 0.5) is 0 Å². The van der Waals surface area contributed by atoms with Crippen LogP contribution in [-0.2, 0) is 4.79 Å². The Bertz CT molecular complexity index is 154. The molecule has 0 fully saturated rings. The Kier molecular flexibility index (Phi) is 3.56. The van der Waals surface area contributed by atoms with Crippen LogP contribution in [0.2, 0.25) is 0 Å². The lowest BCUT2D eigenvalue weighted by Gasteiger charge is -1.87. The number of nitrogens with zero attached hydrogens (tertiary/aromatic N) is 2. The maximum Gasteiger partial charge on any atom is 0.373 e. The van der Waals surface area contributed by atoms with Crippen LogP contribution in [0, 0.1) is 5.92 Å². The van der Waals surface area contributed by atoms with Crippen molar-refractivity contribution in [1.29, 1.82) is 0 Å². The van der Waals surface area contributed by atoms with Gasteiger partial charge in [-0.1, -0.05) is 13.8 Å². The summed E-state index contributed by atoms with van der Waals surface area (Å²) in [6, 6.07) is 0.